The summed E-state index contributed by atoms with van der Waals surface area (Å²) in [4.78, 5) is 37.8. The van der Waals surface area contributed by atoms with Gasteiger partial charge >= 0.3 is 5.97 Å². The fourth-order valence-electron chi connectivity index (χ4n) is 2.52. The Morgan fingerprint density at radius 1 is 1.15 bits per heavy atom. The molecule has 138 valence electrons. The van der Waals surface area contributed by atoms with Gasteiger partial charge in [-0.15, -0.1) is 0 Å². The molecule has 0 saturated carbocycles. The highest BCUT2D eigenvalue weighted by Gasteiger charge is 2.28. The van der Waals surface area contributed by atoms with Gasteiger partial charge in [0, 0.05) is 5.41 Å². The second kappa shape index (κ2) is 7.64. The van der Waals surface area contributed by atoms with E-state index in [4.69, 9.17) is 4.74 Å². The molecule has 2 aromatic rings. The molecule has 0 aliphatic carbocycles. The molecular formula is C20H24N2O4. The molecule has 0 bridgehead atoms. The summed E-state index contributed by atoms with van der Waals surface area (Å²) < 4.78 is 6.11. The van der Waals surface area contributed by atoms with Crippen LogP contribution in [0.3, 0.4) is 0 Å². The summed E-state index contributed by atoms with van der Waals surface area (Å²) in [6, 6.07) is 8.51. The van der Waals surface area contributed by atoms with Crippen LogP contribution in [0.15, 0.2) is 35.1 Å². The Balaban J connectivity index is 2.79. The van der Waals surface area contributed by atoms with Gasteiger partial charge in [-0.1, -0.05) is 45.9 Å². The molecule has 0 unspecified atom stereocenters. The lowest BCUT2D eigenvalue weighted by Crippen LogP contribution is -2.33. The third-order valence-electron chi connectivity index (χ3n) is 3.92. The molecule has 0 fully saturated rings. The monoisotopic (exact) mass is 356 g/mol. The molecule has 0 radical (unpaired) electrons. The highest BCUT2D eigenvalue weighted by Crippen LogP contribution is 2.21. The number of nitrogens with zero attached hydrogens (tertiary/aromatic N) is 2. The van der Waals surface area contributed by atoms with Crippen LogP contribution in [0.1, 0.15) is 61.0 Å². The summed E-state index contributed by atoms with van der Waals surface area (Å²) in [5, 5.41) is 4.27. The fraction of sp³-hybridized carbons (Fsp3) is 0.400. The number of aromatic nitrogens is 2. The molecule has 0 aliphatic rings. The van der Waals surface area contributed by atoms with Gasteiger partial charge in [-0.2, -0.15) is 9.78 Å². The Morgan fingerprint density at radius 3 is 2.38 bits per heavy atom. The number of carbonyl (C=O) groups excluding carboxylic acids is 2. The van der Waals surface area contributed by atoms with Crippen molar-refractivity contribution >= 4 is 11.8 Å². The number of rotatable bonds is 5. The number of Topliss-reactive ketones (excluding diaryl/α,β-unsaturated/α-hetero) is 1. The Labute approximate surface area is 152 Å². The van der Waals surface area contributed by atoms with Crippen LogP contribution >= 0.6 is 0 Å². The number of esters is 1. The zero-order valence-corrected chi connectivity index (χ0v) is 15.8. The van der Waals surface area contributed by atoms with Gasteiger partial charge in [-0.3, -0.25) is 9.59 Å². The average Bonchev–Trinajstić information content (AvgIpc) is 2.60. The summed E-state index contributed by atoms with van der Waals surface area (Å²) in [5.74, 6) is -1.02. The van der Waals surface area contributed by atoms with Crippen LogP contribution in [-0.4, -0.2) is 28.1 Å². The molecule has 1 aromatic heterocycles. The first-order valence-corrected chi connectivity index (χ1v) is 8.65. The van der Waals surface area contributed by atoms with Crippen molar-refractivity contribution in [3.8, 4) is 5.69 Å². The minimum absolute atomic E-state index is 0.0612. The number of carbonyl (C=O) groups is 2. The van der Waals surface area contributed by atoms with Crippen LogP contribution < -0.4 is 5.56 Å². The number of aryl methyl sites for hydroxylation is 1. The second-order valence-corrected chi connectivity index (χ2v) is 6.94. The Hall–Kier alpha value is -2.76. The molecule has 1 heterocycles. The van der Waals surface area contributed by atoms with E-state index >= 15 is 0 Å². The lowest BCUT2D eigenvalue weighted by molar-refractivity contribution is 0.0523. The molecule has 2 rings (SSSR count). The molecule has 0 aliphatic heterocycles. The van der Waals surface area contributed by atoms with Crippen molar-refractivity contribution < 1.29 is 14.3 Å². The summed E-state index contributed by atoms with van der Waals surface area (Å²) in [7, 11) is 0. The maximum absolute atomic E-state index is 12.9. The third-order valence-corrected chi connectivity index (χ3v) is 3.92. The highest BCUT2D eigenvalue weighted by atomic mass is 16.5. The summed E-state index contributed by atoms with van der Waals surface area (Å²) >= 11 is 0. The van der Waals surface area contributed by atoms with Gasteiger partial charge in [0.15, 0.2) is 5.78 Å². The number of benzene rings is 1. The zero-order chi connectivity index (χ0) is 19.5. The topological polar surface area (TPSA) is 78.3 Å². The van der Waals surface area contributed by atoms with Gasteiger partial charge in [-0.05, 0) is 31.0 Å². The van der Waals surface area contributed by atoms with Gasteiger partial charge in [0.25, 0.3) is 5.56 Å². The van der Waals surface area contributed by atoms with Crippen LogP contribution in [0.2, 0.25) is 0 Å². The molecular weight excluding hydrogens is 332 g/mol. The first kappa shape index (κ1) is 19.6. The van der Waals surface area contributed by atoms with Crippen molar-refractivity contribution in [3.05, 3.63) is 57.5 Å². The molecule has 6 nitrogen and oxygen atoms in total. The van der Waals surface area contributed by atoms with E-state index in [2.05, 4.69) is 5.10 Å². The van der Waals surface area contributed by atoms with Crippen LogP contribution in [0.25, 0.3) is 5.69 Å². The number of para-hydroxylation sites is 1. The molecule has 1 aromatic carbocycles. The van der Waals surface area contributed by atoms with Crippen LogP contribution in [0.5, 0.6) is 0 Å². The smallest absolute Gasteiger partial charge is 0.343 e. The van der Waals surface area contributed by atoms with E-state index in [-0.39, 0.29) is 23.6 Å². The number of hydrogen-bond donors (Lipinski definition) is 0. The van der Waals surface area contributed by atoms with Crippen LogP contribution in [0, 0.1) is 5.41 Å². The number of ketones is 1. The minimum Gasteiger partial charge on any atom is -0.462 e. The molecule has 6 heteroatoms. The van der Waals surface area contributed by atoms with E-state index in [1.165, 1.54) is 6.07 Å². The van der Waals surface area contributed by atoms with Crippen molar-refractivity contribution in [3.63, 3.8) is 0 Å². The number of hydrogen-bond acceptors (Lipinski definition) is 5. The van der Waals surface area contributed by atoms with Crippen LogP contribution in [0.4, 0.5) is 0 Å². The van der Waals surface area contributed by atoms with Gasteiger partial charge in [0.05, 0.1) is 12.3 Å². The lowest BCUT2D eigenvalue weighted by atomic mass is 9.88. The maximum atomic E-state index is 12.9. The van der Waals surface area contributed by atoms with Crippen molar-refractivity contribution in [1.82, 2.24) is 9.78 Å². The van der Waals surface area contributed by atoms with Gasteiger partial charge in [0.2, 0.25) is 0 Å². The van der Waals surface area contributed by atoms with E-state index in [1.807, 2.05) is 19.1 Å². The number of ether oxygens (including phenoxy) is 1. The molecule has 0 spiro atoms. The molecule has 0 N–H and O–H groups in total. The highest BCUT2D eigenvalue weighted by molar-refractivity contribution is 6.00. The fourth-order valence-corrected chi connectivity index (χ4v) is 2.52. The van der Waals surface area contributed by atoms with E-state index in [1.54, 1.807) is 39.8 Å². The Bertz CT molecular complexity index is 891. The molecule has 26 heavy (non-hydrogen) atoms. The molecule has 0 atom stereocenters. The predicted molar refractivity (Wildman–Crippen MR) is 99.0 cm³/mol. The predicted octanol–water partition coefficient (Wildman–Crippen LogP) is 3.20. The second-order valence-electron chi connectivity index (χ2n) is 6.94. The lowest BCUT2D eigenvalue weighted by Gasteiger charge is -2.18. The van der Waals surface area contributed by atoms with Gasteiger partial charge in [0.1, 0.15) is 11.3 Å². The Morgan fingerprint density at radius 2 is 1.81 bits per heavy atom. The third kappa shape index (κ3) is 3.90. The Kier molecular flexibility index (Phi) is 5.75. The quantitative estimate of drug-likeness (QED) is 0.607. The first-order valence-electron chi connectivity index (χ1n) is 8.65. The SMILES string of the molecule is CCOC(=O)c1cc(C(=O)C(C)(C)C)nn(-c2ccccc2CC)c1=O. The summed E-state index contributed by atoms with van der Waals surface area (Å²) in [6.07, 6.45) is 0.677. The standard InChI is InChI=1S/C20H24N2O4/c1-6-13-10-8-9-11-16(13)22-18(24)14(19(25)26-7-2)12-15(21-22)17(23)20(3,4)5/h8-12H,6-7H2,1-5H3. The minimum atomic E-state index is -0.759. The van der Waals surface area contributed by atoms with Crippen molar-refractivity contribution in [1.29, 1.82) is 0 Å². The summed E-state index contributed by atoms with van der Waals surface area (Å²) in [6.45, 7) is 9.03. The van der Waals surface area contributed by atoms with Crippen molar-refractivity contribution in [2.45, 2.75) is 41.0 Å². The summed E-state index contributed by atoms with van der Waals surface area (Å²) in [5.41, 5.74) is -0.00146. The first-order chi connectivity index (χ1) is 12.2. The zero-order valence-electron chi connectivity index (χ0n) is 15.8. The van der Waals surface area contributed by atoms with Crippen molar-refractivity contribution in [2.24, 2.45) is 5.41 Å². The van der Waals surface area contributed by atoms with Gasteiger partial charge < -0.3 is 4.74 Å². The normalized spacial score (nSPS) is 11.3. The van der Waals surface area contributed by atoms with E-state index < -0.39 is 16.9 Å². The largest absolute Gasteiger partial charge is 0.462 e. The van der Waals surface area contributed by atoms with Crippen LogP contribution in [-0.2, 0) is 11.2 Å². The van der Waals surface area contributed by atoms with E-state index in [0.717, 1.165) is 10.2 Å². The average molecular weight is 356 g/mol. The molecule has 0 amide bonds. The maximum Gasteiger partial charge on any atom is 0.343 e. The van der Waals surface area contributed by atoms with Crippen molar-refractivity contribution in [2.75, 3.05) is 6.61 Å². The van der Waals surface area contributed by atoms with E-state index in [0.29, 0.717) is 12.1 Å². The van der Waals surface area contributed by atoms with Gasteiger partial charge in [-0.25, -0.2) is 4.79 Å². The molecule has 0 saturated heterocycles. The van der Waals surface area contributed by atoms with E-state index in [9.17, 15) is 14.4 Å².